The fourth-order valence-electron chi connectivity index (χ4n) is 2.69. The van der Waals surface area contributed by atoms with Crippen LogP contribution in [0.1, 0.15) is 31.9 Å². The van der Waals surface area contributed by atoms with Crippen LogP contribution in [-0.4, -0.2) is 36.1 Å². The smallest absolute Gasteiger partial charge is 0.225 e. The first-order chi connectivity index (χ1) is 10.1. The first-order valence-corrected chi connectivity index (χ1v) is 8.50. The molecule has 1 aliphatic rings. The van der Waals surface area contributed by atoms with Gasteiger partial charge in [0.2, 0.25) is 11.8 Å². The fourth-order valence-corrected chi connectivity index (χ4v) is 3.38. The van der Waals surface area contributed by atoms with Gasteiger partial charge in [-0.1, -0.05) is 18.2 Å². The van der Waals surface area contributed by atoms with Gasteiger partial charge in [0.25, 0.3) is 0 Å². The van der Waals surface area contributed by atoms with E-state index in [-0.39, 0.29) is 23.8 Å². The maximum Gasteiger partial charge on any atom is 0.225 e. The van der Waals surface area contributed by atoms with Crippen molar-refractivity contribution in [3.8, 4) is 0 Å². The minimum absolute atomic E-state index is 0.0253. The molecule has 1 aromatic rings. The summed E-state index contributed by atoms with van der Waals surface area (Å²) in [4.78, 5) is 27.0. The van der Waals surface area contributed by atoms with Gasteiger partial charge in [0.15, 0.2) is 0 Å². The maximum atomic E-state index is 12.3. The Bertz CT molecular complexity index is 533. The number of carbonyl (C=O) groups excluding carboxylic acids is 2. The standard InChI is InChI=1S/C16H22N2O2S/c1-4-18-10-12(9-15(18)19)16(20)17-11(2)13-7-5-6-8-14(13)21-3/h5-8,11-12H,4,9-10H2,1-3H3,(H,17,20)/t11-,12+/m1/s1. The molecule has 114 valence electrons. The zero-order valence-electron chi connectivity index (χ0n) is 12.8. The van der Waals surface area contributed by atoms with Crippen molar-refractivity contribution in [2.24, 2.45) is 5.92 Å². The molecule has 1 fully saturated rings. The third kappa shape index (κ3) is 3.59. The summed E-state index contributed by atoms with van der Waals surface area (Å²) in [7, 11) is 0. The summed E-state index contributed by atoms with van der Waals surface area (Å²) in [5.41, 5.74) is 1.12. The van der Waals surface area contributed by atoms with Gasteiger partial charge in [0.1, 0.15) is 0 Å². The fraction of sp³-hybridized carbons (Fsp3) is 0.500. The summed E-state index contributed by atoms with van der Waals surface area (Å²) in [6.45, 7) is 5.14. The van der Waals surface area contributed by atoms with Gasteiger partial charge in [-0.15, -0.1) is 11.8 Å². The summed E-state index contributed by atoms with van der Waals surface area (Å²) < 4.78 is 0. The largest absolute Gasteiger partial charge is 0.349 e. The molecule has 1 aliphatic heterocycles. The maximum absolute atomic E-state index is 12.3. The topological polar surface area (TPSA) is 49.4 Å². The van der Waals surface area contributed by atoms with Gasteiger partial charge in [0.05, 0.1) is 12.0 Å². The second-order valence-corrected chi connectivity index (χ2v) is 6.15. The van der Waals surface area contributed by atoms with Crippen molar-refractivity contribution in [3.05, 3.63) is 29.8 Å². The molecule has 0 unspecified atom stereocenters. The Morgan fingerprint density at radius 1 is 1.48 bits per heavy atom. The third-order valence-electron chi connectivity index (χ3n) is 3.93. The van der Waals surface area contributed by atoms with Crippen LogP contribution in [0.4, 0.5) is 0 Å². The first kappa shape index (κ1) is 15.9. The highest BCUT2D eigenvalue weighted by molar-refractivity contribution is 7.98. The molecule has 0 spiro atoms. The van der Waals surface area contributed by atoms with Crippen molar-refractivity contribution < 1.29 is 9.59 Å². The van der Waals surface area contributed by atoms with Crippen LogP contribution in [0.25, 0.3) is 0 Å². The summed E-state index contributed by atoms with van der Waals surface area (Å²) in [6, 6.07) is 8.02. The highest BCUT2D eigenvalue weighted by Crippen LogP contribution is 2.26. The van der Waals surface area contributed by atoms with Crippen molar-refractivity contribution in [2.75, 3.05) is 19.3 Å². The molecule has 1 aromatic carbocycles. The number of likely N-dealkylation sites (tertiary alicyclic amines) is 1. The predicted octanol–water partition coefficient (Wildman–Crippen LogP) is 2.45. The minimum Gasteiger partial charge on any atom is -0.349 e. The molecule has 0 radical (unpaired) electrons. The van der Waals surface area contributed by atoms with Crippen LogP contribution >= 0.6 is 11.8 Å². The Morgan fingerprint density at radius 2 is 2.19 bits per heavy atom. The van der Waals surface area contributed by atoms with Gasteiger partial charge in [-0.05, 0) is 31.7 Å². The van der Waals surface area contributed by atoms with Crippen LogP contribution in [-0.2, 0) is 9.59 Å². The molecule has 2 atom stereocenters. The van der Waals surface area contributed by atoms with Crippen LogP contribution in [0.5, 0.6) is 0 Å². The lowest BCUT2D eigenvalue weighted by atomic mass is 10.0. The van der Waals surface area contributed by atoms with Gasteiger partial charge in [-0.25, -0.2) is 0 Å². The van der Waals surface area contributed by atoms with E-state index in [1.165, 1.54) is 4.90 Å². The van der Waals surface area contributed by atoms with Crippen molar-refractivity contribution in [1.82, 2.24) is 10.2 Å². The lowest BCUT2D eigenvalue weighted by molar-refractivity contribution is -0.129. The van der Waals surface area contributed by atoms with E-state index >= 15 is 0 Å². The van der Waals surface area contributed by atoms with Gasteiger partial charge in [0, 0.05) is 24.4 Å². The van der Waals surface area contributed by atoms with Crippen LogP contribution in [0.3, 0.4) is 0 Å². The van der Waals surface area contributed by atoms with Crippen LogP contribution in [0.2, 0.25) is 0 Å². The molecule has 2 rings (SSSR count). The van der Waals surface area contributed by atoms with E-state index in [4.69, 9.17) is 0 Å². The lowest BCUT2D eigenvalue weighted by Gasteiger charge is -2.19. The zero-order valence-corrected chi connectivity index (χ0v) is 13.6. The van der Waals surface area contributed by atoms with E-state index < -0.39 is 0 Å². The molecule has 1 N–H and O–H groups in total. The number of rotatable bonds is 5. The van der Waals surface area contributed by atoms with E-state index in [0.717, 1.165) is 5.56 Å². The molecule has 21 heavy (non-hydrogen) atoms. The number of amides is 2. The Kier molecular flexibility index (Phi) is 5.28. The number of carbonyl (C=O) groups is 2. The number of nitrogens with one attached hydrogen (secondary N) is 1. The molecular weight excluding hydrogens is 284 g/mol. The van der Waals surface area contributed by atoms with Crippen molar-refractivity contribution in [1.29, 1.82) is 0 Å². The van der Waals surface area contributed by atoms with Crippen LogP contribution in [0, 0.1) is 5.92 Å². The van der Waals surface area contributed by atoms with Crippen LogP contribution < -0.4 is 5.32 Å². The second-order valence-electron chi connectivity index (χ2n) is 5.31. The summed E-state index contributed by atoms with van der Waals surface area (Å²) >= 11 is 1.67. The van der Waals surface area contributed by atoms with E-state index in [1.54, 1.807) is 16.7 Å². The monoisotopic (exact) mass is 306 g/mol. The average molecular weight is 306 g/mol. The minimum atomic E-state index is -0.221. The van der Waals surface area contributed by atoms with Gasteiger partial charge in [-0.3, -0.25) is 9.59 Å². The second kappa shape index (κ2) is 6.98. The Balaban J connectivity index is 2.01. The molecule has 1 heterocycles. The van der Waals surface area contributed by atoms with Crippen molar-refractivity contribution in [3.63, 3.8) is 0 Å². The molecule has 0 aromatic heterocycles. The molecule has 2 amide bonds. The Morgan fingerprint density at radius 3 is 2.81 bits per heavy atom. The first-order valence-electron chi connectivity index (χ1n) is 7.27. The van der Waals surface area contributed by atoms with E-state index in [0.29, 0.717) is 19.5 Å². The normalized spacial score (nSPS) is 19.7. The molecule has 4 nitrogen and oxygen atoms in total. The molecule has 5 heteroatoms. The summed E-state index contributed by atoms with van der Waals surface area (Å²) in [5.74, 6) is -0.168. The zero-order chi connectivity index (χ0) is 15.4. The number of thioether (sulfide) groups is 1. The highest BCUT2D eigenvalue weighted by atomic mass is 32.2. The quantitative estimate of drug-likeness (QED) is 0.850. The summed E-state index contributed by atoms with van der Waals surface area (Å²) in [6.07, 6.45) is 2.36. The number of benzene rings is 1. The molecular formula is C16H22N2O2S. The highest BCUT2D eigenvalue weighted by Gasteiger charge is 2.33. The molecule has 1 saturated heterocycles. The summed E-state index contributed by atoms with van der Waals surface area (Å²) in [5, 5.41) is 3.05. The Labute approximate surface area is 130 Å². The SMILES string of the molecule is CCN1C[C@@H](C(=O)N[C@H](C)c2ccccc2SC)CC1=O. The molecule has 0 aliphatic carbocycles. The van der Waals surface area contributed by atoms with Crippen LogP contribution in [0.15, 0.2) is 29.2 Å². The van der Waals surface area contributed by atoms with Crippen molar-refractivity contribution in [2.45, 2.75) is 31.2 Å². The third-order valence-corrected chi connectivity index (χ3v) is 4.74. The molecule has 0 bridgehead atoms. The Hall–Kier alpha value is -1.49. The number of nitrogens with zero attached hydrogens (tertiary/aromatic N) is 1. The van der Waals surface area contributed by atoms with E-state index in [2.05, 4.69) is 11.4 Å². The lowest BCUT2D eigenvalue weighted by Crippen LogP contribution is -2.34. The van der Waals surface area contributed by atoms with E-state index in [1.807, 2.05) is 38.3 Å². The number of hydrogen-bond donors (Lipinski definition) is 1. The van der Waals surface area contributed by atoms with Crippen molar-refractivity contribution >= 4 is 23.6 Å². The molecule has 0 saturated carbocycles. The number of hydrogen-bond acceptors (Lipinski definition) is 3. The van der Waals surface area contributed by atoms with Gasteiger partial charge >= 0.3 is 0 Å². The van der Waals surface area contributed by atoms with Gasteiger partial charge in [-0.2, -0.15) is 0 Å². The predicted molar refractivity (Wildman–Crippen MR) is 85.1 cm³/mol. The van der Waals surface area contributed by atoms with E-state index in [9.17, 15) is 9.59 Å². The average Bonchev–Trinajstić information content (AvgIpc) is 2.88. The van der Waals surface area contributed by atoms with Gasteiger partial charge < -0.3 is 10.2 Å².